The number of benzene rings is 2. The summed E-state index contributed by atoms with van der Waals surface area (Å²) >= 11 is 0. The normalized spacial score (nSPS) is 15.7. The lowest BCUT2D eigenvalue weighted by Gasteiger charge is -2.28. The number of anilines is 1. The Bertz CT molecular complexity index is 644. The third kappa shape index (κ3) is 3.45. The molecule has 2 heteroatoms. The second-order valence-corrected chi connectivity index (χ2v) is 5.87. The maximum Gasteiger partial charge on any atom is 0.251 e. The molecule has 2 aromatic carbocycles. The first kappa shape index (κ1) is 14.6. The van der Waals surface area contributed by atoms with Gasteiger partial charge in [-0.1, -0.05) is 48.5 Å². The summed E-state index contributed by atoms with van der Waals surface area (Å²) in [6.45, 7) is 2.15. The third-order valence-electron chi connectivity index (χ3n) is 4.20. The molecule has 22 heavy (non-hydrogen) atoms. The van der Waals surface area contributed by atoms with Crippen LogP contribution in [0.15, 0.2) is 66.7 Å². The number of carbonyl (C=O) groups is 1. The van der Waals surface area contributed by atoms with E-state index in [0.29, 0.717) is 5.92 Å². The maximum atomic E-state index is 12.7. The molecule has 3 rings (SSSR count). The molecule has 1 fully saturated rings. The van der Waals surface area contributed by atoms with Crippen LogP contribution in [0, 0.1) is 5.92 Å². The Morgan fingerprint density at radius 1 is 1.05 bits per heavy atom. The minimum atomic E-state index is 0.0504. The van der Waals surface area contributed by atoms with Crippen molar-refractivity contribution in [3.63, 3.8) is 0 Å². The van der Waals surface area contributed by atoms with Crippen LogP contribution in [0.1, 0.15) is 25.3 Å². The Hall–Kier alpha value is -2.35. The zero-order valence-electron chi connectivity index (χ0n) is 12.9. The van der Waals surface area contributed by atoms with Gasteiger partial charge < -0.3 is 4.90 Å². The van der Waals surface area contributed by atoms with E-state index in [2.05, 4.69) is 6.92 Å². The predicted octanol–water partition coefficient (Wildman–Crippen LogP) is 4.53. The lowest BCUT2D eigenvalue weighted by Crippen LogP contribution is -2.39. The largest absolute Gasteiger partial charge is 0.306 e. The van der Waals surface area contributed by atoms with E-state index in [4.69, 9.17) is 0 Å². The molecule has 0 unspecified atom stereocenters. The van der Waals surface area contributed by atoms with Crippen molar-refractivity contribution in [1.29, 1.82) is 0 Å². The van der Waals surface area contributed by atoms with Gasteiger partial charge in [0, 0.05) is 17.8 Å². The fraction of sp³-hybridized carbons (Fsp3) is 0.250. The second-order valence-electron chi connectivity index (χ2n) is 5.87. The molecular formula is C20H21NO. The molecule has 0 aromatic heterocycles. The number of hydrogen-bond donors (Lipinski definition) is 0. The molecule has 112 valence electrons. The van der Waals surface area contributed by atoms with Crippen LogP contribution in [0.5, 0.6) is 0 Å². The maximum absolute atomic E-state index is 12.7. The van der Waals surface area contributed by atoms with Gasteiger partial charge in [-0.15, -0.1) is 0 Å². The lowest BCUT2D eigenvalue weighted by atomic mass is 10.1. The van der Waals surface area contributed by atoms with E-state index in [9.17, 15) is 4.79 Å². The van der Waals surface area contributed by atoms with Crippen LogP contribution in [-0.2, 0) is 4.79 Å². The third-order valence-corrected chi connectivity index (χ3v) is 4.20. The summed E-state index contributed by atoms with van der Waals surface area (Å²) in [5, 5.41) is 0. The number of hydrogen-bond acceptors (Lipinski definition) is 1. The summed E-state index contributed by atoms with van der Waals surface area (Å²) in [7, 11) is 0. The van der Waals surface area contributed by atoms with E-state index < -0.39 is 0 Å². The average molecular weight is 291 g/mol. The van der Waals surface area contributed by atoms with Crippen LogP contribution in [0.3, 0.4) is 0 Å². The van der Waals surface area contributed by atoms with Gasteiger partial charge in [-0.05, 0) is 49.5 Å². The number of para-hydroxylation sites is 1. The van der Waals surface area contributed by atoms with Crippen molar-refractivity contribution in [3.05, 3.63) is 72.3 Å². The van der Waals surface area contributed by atoms with E-state index in [0.717, 1.165) is 11.3 Å². The van der Waals surface area contributed by atoms with Gasteiger partial charge >= 0.3 is 0 Å². The molecule has 2 nitrogen and oxygen atoms in total. The van der Waals surface area contributed by atoms with Gasteiger partial charge in [-0.25, -0.2) is 0 Å². The van der Waals surface area contributed by atoms with Crippen molar-refractivity contribution in [2.24, 2.45) is 5.92 Å². The molecule has 1 aliphatic carbocycles. The Balaban J connectivity index is 1.82. The monoisotopic (exact) mass is 291 g/mol. The van der Waals surface area contributed by atoms with E-state index in [-0.39, 0.29) is 11.9 Å². The summed E-state index contributed by atoms with van der Waals surface area (Å²) < 4.78 is 0. The van der Waals surface area contributed by atoms with E-state index in [1.165, 1.54) is 12.8 Å². The van der Waals surface area contributed by atoms with E-state index in [1.54, 1.807) is 6.08 Å². The van der Waals surface area contributed by atoms with Crippen molar-refractivity contribution in [2.75, 3.05) is 4.90 Å². The van der Waals surface area contributed by atoms with Gasteiger partial charge in [0.25, 0.3) is 5.91 Å². The number of nitrogens with zero attached hydrogens (tertiary/aromatic N) is 1. The molecule has 1 saturated carbocycles. The van der Waals surface area contributed by atoms with E-state index in [1.807, 2.05) is 71.6 Å². The smallest absolute Gasteiger partial charge is 0.251 e. The zero-order chi connectivity index (χ0) is 15.4. The highest BCUT2D eigenvalue weighted by Gasteiger charge is 2.34. The molecule has 1 aliphatic rings. The standard InChI is InChI=1S/C20H21NO/c1-16(18-13-14-18)21(19-10-6-3-7-11-19)20(22)15-12-17-8-4-2-5-9-17/h2-12,15-16,18H,13-14H2,1H3/b15-12+/t16-/m1/s1. The van der Waals surface area contributed by atoms with Gasteiger partial charge in [-0.3, -0.25) is 4.79 Å². The second kappa shape index (κ2) is 6.61. The average Bonchev–Trinajstić information content (AvgIpc) is 3.40. The van der Waals surface area contributed by atoms with Crippen molar-refractivity contribution < 1.29 is 4.79 Å². The predicted molar refractivity (Wildman–Crippen MR) is 91.6 cm³/mol. The van der Waals surface area contributed by atoms with Gasteiger partial charge in [0.1, 0.15) is 0 Å². The number of amides is 1. The molecule has 1 amide bonds. The van der Waals surface area contributed by atoms with Crippen LogP contribution >= 0.6 is 0 Å². The summed E-state index contributed by atoms with van der Waals surface area (Å²) in [6.07, 6.45) is 6.01. The molecule has 0 heterocycles. The molecule has 0 N–H and O–H groups in total. The molecule has 0 bridgehead atoms. The highest BCUT2D eigenvalue weighted by molar-refractivity contribution is 6.04. The summed E-state index contributed by atoms with van der Waals surface area (Å²) in [4.78, 5) is 14.7. The SMILES string of the molecule is C[C@H](C1CC1)N(C(=O)/C=C/c1ccccc1)c1ccccc1. The highest BCUT2D eigenvalue weighted by Crippen LogP contribution is 2.37. The van der Waals surface area contributed by atoms with Crippen LogP contribution in [0.2, 0.25) is 0 Å². The molecule has 0 spiro atoms. The first-order chi connectivity index (χ1) is 10.8. The number of rotatable bonds is 5. The molecule has 1 atom stereocenters. The highest BCUT2D eigenvalue weighted by atomic mass is 16.2. The van der Waals surface area contributed by atoms with Crippen molar-refractivity contribution >= 4 is 17.7 Å². The van der Waals surface area contributed by atoms with Crippen molar-refractivity contribution in [2.45, 2.75) is 25.8 Å². The van der Waals surface area contributed by atoms with Gasteiger partial charge in [0.2, 0.25) is 0 Å². The molecule has 2 aromatic rings. The van der Waals surface area contributed by atoms with Gasteiger partial charge in [0.15, 0.2) is 0 Å². The first-order valence-electron chi connectivity index (χ1n) is 7.87. The van der Waals surface area contributed by atoms with Crippen LogP contribution in [-0.4, -0.2) is 11.9 Å². The summed E-state index contributed by atoms with van der Waals surface area (Å²) in [5.41, 5.74) is 2.02. The van der Waals surface area contributed by atoms with Crippen LogP contribution in [0.4, 0.5) is 5.69 Å². The van der Waals surface area contributed by atoms with Gasteiger partial charge in [0.05, 0.1) is 0 Å². The Kier molecular flexibility index (Phi) is 4.38. The van der Waals surface area contributed by atoms with Crippen molar-refractivity contribution in [1.82, 2.24) is 0 Å². The molecule has 0 aliphatic heterocycles. The minimum absolute atomic E-state index is 0.0504. The van der Waals surface area contributed by atoms with E-state index >= 15 is 0 Å². The Morgan fingerprint density at radius 3 is 2.23 bits per heavy atom. The van der Waals surface area contributed by atoms with Gasteiger partial charge in [-0.2, -0.15) is 0 Å². The van der Waals surface area contributed by atoms with Crippen LogP contribution in [0.25, 0.3) is 6.08 Å². The minimum Gasteiger partial charge on any atom is -0.306 e. The van der Waals surface area contributed by atoms with Crippen molar-refractivity contribution in [3.8, 4) is 0 Å². The quantitative estimate of drug-likeness (QED) is 0.741. The summed E-state index contributed by atoms with van der Waals surface area (Å²) in [6, 6.07) is 20.1. The Labute approximate surface area is 132 Å². The first-order valence-corrected chi connectivity index (χ1v) is 7.87. The molecule has 0 saturated heterocycles. The topological polar surface area (TPSA) is 20.3 Å². The number of carbonyl (C=O) groups excluding carboxylic acids is 1. The zero-order valence-corrected chi connectivity index (χ0v) is 12.9. The summed E-state index contributed by atoms with van der Waals surface area (Å²) in [5.74, 6) is 0.684. The fourth-order valence-electron chi connectivity index (χ4n) is 2.75. The Morgan fingerprint density at radius 2 is 1.64 bits per heavy atom. The molecule has 0 radical (unpaired) electrons. The lowest BCUT2D eigenvalue weighted by molar-refractivity contribution is -0.114. The van der Waals surface area contributed by atoms with Crippen LogP contribution < -0.4 is 4.90 Å². The molecular weight excluding hydrogens is 270 g/mol. The fourth-order valence-corrected chi connectivity index (χ4v) is 2.75.